The van der Waals surface area contributed by atoms with Gasteiger partial charge in [-0.05, 0) is 12.5 Å². The molecule has 1 rings (SSSR count). The van der Waals surface area contributed by atoms with Crippen LogP contribution in [0.2, 0.25) is 0 Å². The lowest BCUT2D eigenvalue weighted by molar-refractivity contribution is -0.137. The third kappa shape index (κ3) is 5.27. The minimum atomic E-state index is -0.857. The van der Waals surface area contributed by atoms with Crippen LogP contribution >= 0.6 is 0 Å². The minimum absolute atomic E-state index is 0.0535. The minimum Gasteiger partial charge on any atom is -0.481 e. The van der Waals surface area contributed by atoms with Gasteiger partial charge in [0.05, 0.1) is 6.61 Å². The summed E-state index contributed by atoms with van der Waals surface area (Å²) >= 11 is 0. The number of amides is 2. The van der Waals surface area contributed by atoms with Crippen LogP contribution in [0.5, 0.6) is 0 Å². The zero-order valence-electron chi connectivity index (χ0n) is 11.8. The van der Waals surface area contributed by atoms with Gasteiger partial charge in [-0.1, -0.05) is 18.2 Å². The lowest BCUT2D eigenvalue weighted by Crippen LogP contribution is -2.32. The van der Waals surface area contributed by atoms with Crippen LogP contribution in [0.4, 0.5) is 10.5 Å². The molecule has 2 N–H and O–H groups in total. The first-order valence-electron chi connectivity index (χ1n) is 6.35. The lowest BCUT2D eigenvalue weighted by atomic mass is 10.2. The summed E-state index contributed by atoms with van der Waals surface area (Å²) in [7, 11) is 3.23. The summed E-state index contributed by atoms with van der Waals surface area (Å²) in [6.07, 6.45) is 0.483. The number of carboxylic acids is 1. The van der Waals surface area contributed by atoms with Gasteiger partial charge in [0, 0.05) is 38.4 Å². The number of ether oxygens (including phenoxy) is 1. The van der Waals surface area contributed by atoms with E-state index in [0.29, 0.717) is 25.3 Å². The number of hydrogen-bond donors (Lipinski definition) is 2. The number of carbonyl (C=O) groups excluding carboxylic acids is 1. The zero-order valence-corrected chi connectivity index (χ0v) is 11.8. The Morgan fingerprint density at radius 3 is 2.70 bits per heavy atom. The lowest BCUT2D eigenvalue weighted by Gasteiger charge is -2.18. The van der Waals surface area contributed by atoms with Gasteiger partial charge in [0.15, 0.2) is 0 Å². The van der Waals surface area contributed by atoms with Gasteiger partial charge < -0.3 is 20.1 Å². The van der Waals surface area contributed by atoms with Crippen molar-refractivity contribution >= 4 is 17.7 Å². The number of benzene rings is 1. The number of nitrogens with zero attached hydrogens (tertiary/aromatic N) is 1. The SMILES string of the molecule is COCc1ccccc1NC(=O)N(C)CCCC(=O)O. The molecule has 0 aromatic heterocycles. The third-order valence-corrected chi connectivity index (χ3v) is 2.79. The Balaban J connectivity index is 2.54. The quantitative estimate of drug-likeness (QED) is 0.802. The van der Waals surface area contributed by atoms with Crippen molar-refractivity contribution in [3.63, 3.8) is 0 Å². The monoisotopic (exact) mass is 280 g/mol. The summed E-state index contributed by atoms with van der Waals surface area (Å²) in [6.45, 7) is 0.809. The number of rotatable bonds is 7. The third-order valence-electron chi connectivity index (χ3n) is 2.79. The fourth-order valence-corrected chi connectivity index (χ4v) is 1.70. The Bertz CT molecular complexity index is 462. The van der Waals surface area contributed by atoms with E-state index in [4.69, 9.17) is 9.84 Å². The number of hydrogen-bond acceptors (Lipinski definition) is 3. The number of carbonyl (C=O) groups is 2. The van der Waals surface area contributed by atoms with E-state index < -0.39 is 5.97 Å². The second-order valence-corrected chi connectivity index (χ2v) is 4.44. The van der Waals surface area contributed by atoms with Gasteiger partial charge in [-0.3, -0.25) is 4.79 Å². The Labute approximate surface area is 118 Å². The van der Waals surface area contributed by atoms with E-state index in [1.54, 1.807) is 20.2 Å². The maximum atomic E-state index is 12.0. The van der Waals surface area contributed by atoms with E-state index in [-0.39, 0.29) is 12.5 Å². The van der Waals surface area contributed by atoms with Crippen LogP contribution in [0.1, 0.15) is 18.4 Å². The number of para-hydroxylation sites is 1. The molecule has 110 valence electrons. The van der Waals surface area contributed by atoms with E-state index in [9.17, 15) is 9.59 Å². The summed E-state index contributed by atoms with van der Waals surface area (Å²) in [5.41, 5.74) is 1.59. The number of nitrogens with one attached hydrogen (secondary N) is 1. The molecule has 0 atom stereocenters. The number of carboxylic acid groups (broad SMARTS) is 1. The second kappa shape index (κ2) is 8.16. The highest BCUT2D eigenvalue weighted by molar-refractivity contribution is 5.90. The molecule has 1 aromatic carbocycles. The number of anilines is 1. The highest BCUT2D eigenvalue weighted by Gasteiger charge is 2.11. The molecule has 0 aliphatic rings. The number of aliphatic carboxylic acids is 1. The molecule has 6 heteroatoms. The first-order valence-corrected chi connectivity index (χ1v) is 6.35. The zero-order chi connectivity index (χ0) is 15.0. The molecule has 0 spiro atoms. The summed E-state index contributed by atoms with van der Waals surface area (Å²) in [6, 6.07) is 7.12. The number of urea groups is 1. The summed E-state index contributed by atoms with van der Waals surface area (Å²) in [4.78, 5) is 23.9. The smallest absolute Gasteiger partial charge is 0.321 e. The van der Waals surface area contributed by atoms with Crippen molar-refractivity contribution in [2.75, 3.05) is 26.0 Å². The van der Waals surface area contributed by atoms with Crippen LogP contribution in [0.25, 0.3) is 0 Å². The topological polar surface area (TPSA) is 78.9 Å². The average molecular weight is 280 g/mol. The molecule has 0 fully saturated rings. The van der Waals surface area contributed by atoms with Gasteiger partial charge >= 0.3 is 12.0 Å². The highest BCUT2D eigenvalue weighted by atomic mass is 16.5. The normalized spacial score (nSPS) is 10.1. The van der Waals surface area contributed by atoms with Crippen molar-refractivity contribution in [3.05, 3.63) is 29.8 Å². The van der Waals surface area contributed by atoms with Crippen molar-refractivity contribution < 1.29 is 19.4 Å². The first-order chi connectivity index (χ1) is 9.54. The molecule has 0 saturated carbocycles. The molecule has 0 unspecified atom stereocenters. The van der Waals surface area contributed by atoms with E-state index in [1.807, 2.05) is 18.2 Å². The van der Waals surface area contributed by atoms with E-state index in [2.05, 4.69) is 5.32 Å². The first kappa shape index (κ1) is 16.0. The number of methoxy groups -OCH3 is 1. The Morgan fingerprint density at radius 2 is 2.05 bits per heavy atom. The van der Waals surface area contributed by atoms with Crippen LogP contribution < -0.4 is 5.32 Å². The van der Waals surface area contributed by atoms with Crippen LogP contribution in [0, 0.1) is 0 Å². The Hall–Kier alpha value is -2.08. The average Bonchev–Trinajstić information content (AvgIpc) is 2.40. The molecule has 20 heavy (non-hydrogen) atoms. The van der Waals surface area contributed by atoms with Gasteiger partial charge in [0.25, 0.3) is 0 Å². The Morgan fingerprint density at radius 1 is 1.35 bits per heavy atom. The molecule has 0 saturated heterocycles. The van der Waals surface area contributed by atoms with Crippen LogP contribution in [-0.4, -0.2) is 42.7 Å². The molecule has 0 aliphatic heterocycles. The van der Waals surface area contributed by atoms with Gasteiger partial charge in [0.2, 0.25) is 0 Å². The molecule has 2 amide bonds. The molecule has 1 aromatic rings. The van der Waals surface area contributed by atoms with Gasteiger partial charge in [0.1, 0.15) is 0 Å². The Kier molecular flexibility index (Phi) is 6.52. The van der Waals surface area contributed by atoms with Crippen molar-refractivity contribution in [3.8, 4) is 0 Å². The summed E-state index contributed by atoms with van der Waals surface area (Å²) in [5.74, 6) is -0.857. The second-order valence-electron chi connectivity index (χ2n) is 4.44. The highest BCUT2D eigenvalue weighted by Crippen LogP contribution is 2.16. The molecule has 0 bridgehead atoms. The standard InChI is InChI=1S/C14H20N2O4/c1-16(9-5-8-13(17)18)14(19)15-12-7-4-3-6-11(12)10-20-2/h3-4,6-7H,5,8-10H2,1-2H3,(H,15,19)(H,17,18). The molecule has 6 nitrogen and oxygen atoms in total. The van der Waals surface area contributed by atoms with Gasteiger partial charge in [-0.15, -0.1) is 0 Å². The van der Waals surface area contributed by atoms with Gasteiger partial charge in [-0.2, -0.15) is 0 Å². The molecule has 0 aliphatic carbocycles. The maximum absolute atomic E-state index is 12.0. The van der Waals surface area contributed by atoms with Crippen molar-refractivity contribution in [1.29, 1.82) is 0 Å². The van der Waals surface area contributed by atoms with Crippen LogP contribution in [0.3, 0.4) is 0 Å². The van der Waals surface area contributed by atoms with Crippen LogP contribution in [-0.2, 0) is 16.1 Å². The molecule has 0 heterocycles. The van der Waals surface area contributed by atoms with E-state index in [1.165, 1.54) is 4.90 Å². The predicted octanol–water partition coefficient (Wildman–Crippen LogP) is 2.16. The van der Waals surface area contributed by atoms with E-state index in [0.717, 1.165) is 5.56 Å². The van der Waals surface area contributed by atoms with Crippen molar-refractivity contribution in [1.82, 2.24) is 4.90 Å². The van der Waals surface area contributed by atoms with E-state index >= 15 is 0 Å². The summed E-state index contributed by atoms with van der Waals surface area (Å²) in [5, 5.41) is 11.4. The summed E-state index contributed by atoms with van der Waals surface area (Å²) < 4.78 is 5.07. The molecular weight excluding hydrogens is 260 g/mol. The molecule has 0 radical (unpaired) electrons. The fraction of sp³-hybridized carbons (Fsp3) is 0.429. The molecular formula is C14H20N2O4. The predicted molar refractivity (Wildman–Crippen MR) is 75.7 cm³/mol. The van der Waals surface area contributed by atoms with Crippen molar-refractivity contribution in [2.24, 2.45) is 0 Å². The van der Waals surface area contributed by atoms with Gasteiger partial charge in [-0.25, -0.2) is 4.79 Å². The van der Waals surface area contributed by atoms with Crippen LogP contribution in [0.15, 0.2) is 24.3 Å². The largest absolute Gasteiger partial charge is 0.481 e. The fourth-order valence-electron chi connectivity index (χ4n) is 1.70. The maximum Gasteiger partial charge on any atom is 0.321 e. The van der Waals surface area contributed by atoms with Crippen molar-refractivity contribution in [2.45, 2.75) is 19.4 Å².